The molecule has 0 aliphatic carbocycles. The zero-order valence-electron chi connectivity index (χ0n) is 26.6. The highest BCUT2D eigenvalue weighted by atomic mass is 32.1. The molecule has 0 amide bonds. The van der Waals surface area contributed by atoms with E-state index in [1.54, 1.807) is 0 Å². The first-order valence-corrected chi connectivity index (χ1v) is 14.0. The van der Waals surface area contributed by atoms with Crippen molar-refractivity contribution in [2.75, 3.05) is 0 Å². The summed E-state index contributed by atoms with van der Waals surface area (Å²) in [7, 11) is 0. The van der Waals surface area contributed by atoms with E-state index in [0.29, 0.717) is 23.0 Å². The molecule has 0 aliphatic rings. The van der Waals surface area contributed by atoms with Gasteiger partial charge in [-0.1, -0.05) is 127 Å². The van der Waals surface area contributed by atoms with Gasteiger partial charge in [0.1, 0.15) is 0 Å². The topological polar surface area (TPSA) is 38.7 Å². The predicted molar refractivity (Wildman–Crippen MR) is 172 cm³/mol. The van der Waals surface area contributed by atoms with Crippen molar-refractivity contribution < 1.29 is 6.85 Å². The van der Waals surface area contributed by atoms with E-state index in [9.17, 15) is 0 Å². The Labute approximate surface area is 248 Å². The number of benzene rings is 6. The van der Waals surface area contributed by atoms with Crippen molar-refractivity contribution >= 4 is 42.3 Å². The maximum Gasteiger partial charge on any atom is 0.164 e. The number of rotatable bonds is 4. The summed E-state index contributed by atoms with van der Waals surface area (Å²) >= 11 is 1.52. The highest BCUT2D eigenvalue weighted by Gasteiger charge is 2.18. The van der Waals surface area contributed by atoms with Gasteiger partial charge in [0.15, 0.2) is 17.5 Å². The minimum atomic E-state index is -0.407. The van der Waals surface area contributed by atoms with Crippen molar-refractivity contribution in [1.29, 1.82) is 0 Å². The second-order valence-electron chi connectivity index (χ2n) is 9.70. The van der Waals surface area contributed by atoms with Gasteiger partial charge in [-0.25, -0.2) is 15.0 Å². The Bertz CT molecular complexity index is 2470. The number of hydrogen-bond acceptors (Lipinski definition) is 4. The fourth-order valence-corrected chi connectivity index (χ4v) is 6.53. The number of nitrogens with zero attached hydrogens (tertiary/aromatic N) is 3. The summed E-state index contributed by atoms with van der Waals surface area (Å²) in [5, 5.41) is 4.06. The standard InChI is InChI=1S/C37H23N3S/c1-3-12-25(13-4-1)29-17-9-18-30-33-31(19-10-20-32(33)41-34(29)30)37-39-35(26-14-5-2-6-15-26)38-36(40-37)28-22-21-24-11-7-8-16-27(24)23-28/h1-23H/i1D,3D,4D,12D,13D. The fourth-order valence-electron chi connectivity index (χ4n) is 5.29. The first-order chi connectivity index (χ1) is 22.4. The van der Waals surface area contributed by atoms with E-state index in [2.05, 4.69) is 24.3 Å². The number of hydrogen-bond donors (Lipinski definition) is 0. The van der Waals surface area contributed by atoms with Crippen LogP contribution in [0.25, 0.3) is 76.2 Å². The van der Waals surface area contributed by atoms with Gasteiger partial charge in [-0.3, -0.25) is 0 Å². The molecular weight excluding hydrogens is 518 g/mol. The SMILES string of the molecule is [2H]c1c([2H])c([2H])c(-c2cccc3c2sc2cccc(-c4nc(-c5ccccc5)nc(-c5ccc6ccccc6c5)n4)c23)c([2H])c1[2H]. The third-order valence-corrected chi connectivity index (χ3v) is 8.41. The molecule has 8 rings (SSSR count). The molecule has 0 radical (unpaired) electrons. The van der Waals surface area contributed by atoms with Crippen LogP contribution in [0.1, 0.15) is 6.85 Å². The van der Waals surface area contributed by atoms with Crippen molar-refractivity contribution in [2.45, 2.75) is 0 Å². The molecule has 2 aromatic heterocycles. The quantitative estimate of drug-likeness (QED) is 0.220. The van der Waals surface area contributed by atoms with Crippen molar-refractivity contribution in [3.05, 3.63) is 139 Å². The van der Waals surface area contributed by atoms with E-state index >= 15 is 0 Å². The van der Waals surface area contributed by atoms with Gasteiger partial charge in [0.2, 0.25) is 0 Å². The maximum absolute atomic E-state index is 8.63. The van der Waals surface area contributed by atoms with Crippen LogP contribution in [0.4, 0.5) is 0 Å². The van der Waals surface area contributed by atoms with E-state index in [1.807, 2.05) is 84.9 Å². The van der Waals surface area contributed by atoms with E-state index in [-0.39, 0.29) is 29.7 Å². The van der Waals surface area contributed by atoms with Gasteiger partial charge in [-0.15, -0.1) is 11.3 Å². The highest BCUT2D eigenvalue weighted by Crippen LogP contribution is 2.43. The van der Waals surface area contributed by atoms with Crippen LogP contribution >= 0.6 is 11.3 Å². The first kappa shape index (κ1) is 19.0. The van der Waals surface area contributed by atoms with Gasteiger partial charge in [0, 0.05) is 36.9 Å². The number of thiophene rings is 1. The Balaban J connectivity index is 1.39. The third kappa shape index (κ3) is 4.17. The molecule has 0 bridgehead atoms. The van der Waals surface area contributed by atoms with Crippen molar-refractivity contribution in [3.63, 3.8) is 0 Å². The Morgan fingerprint density at radius 3 is 2.07 bits per heavy atom. The lowest BCUT2D eigenvalue weighted by Gasteiger charge is -2.10. The monoisotopic (exact) mass is 546 g/mol. The predicted octanol–water partition coefficient (Wildman–Crippen LogP) is 10.1. The summed E-state index contributed by atoms with van der Waals surface area (Å²) in [5.41, 5.74) is 3.36. The Morgan fingerprint density at radius 2 is 1.22 bits per heavy atom. The zero-order valence-corrected chi connectivity index (χ0v) is 22.5. The molecule has 0 spiro atoms. The lowest BCUT2D eigenvalue weighted by Crippen LogP contribution is -2.00. The Kier molecular flexibility index (Phi) is 4.52. The summed E-state index contributed by atoms with van der Waals surface area (Å²) in [6.07, 6.45) is 0. The molecule has 0 saturated carbocycles. The van der Waals surface area contributed by atoms with Crippen molar-refractivity contribution in [3.8, 4) is 45.3 Å². The Hall–Kier alpha value is -5.19. The van der Waals surface area contributed by atoms with Crippen LogP contribution in [-0.2, 0) is 0 Å². The van der Waals surface area contributed by atoms with Gasteiger partial charge >= 0.3 is 0 Å². The Morgan fingerprint density at radius 1 is 0.512 bits per heavy atom. The van der Waals surface area contributed by atoms with Crippen LogP contribution in [-0.4, -0.2) is 15.0 Å². The van der Waals surface area contributed by atoms with E-state index in [0.717, 1.165) is 47.6 Å². The molecule has 0 aliphatic heterocycles. The number of aromatic nitrogens is 3. The second-order valence-corrected chi connectivity index (χ2v) is 10.7. The zero-order chi connectivity index (χ0) is 31.5. The summed E-state index contributed by atoms with van der Waals surface area (Å²) in [4.78, 5) is 14.9. The smallest absolute Gasteiger partial charge is 0.164 e. The average Bonchev–Trinajstić information content (AvgIpc) is 3.50. The molecule has 4 heteroatoms. The van der Waals surface area contributed by atoms with E-state index < -0.39 is 6.04 Å². The molecule has 0 fully saturated rings. The molecule has 0 saturated heterocycles. The average molecular weight is 547 g/mol. The normalized spacial score (nSPS) is 13.1. The van der Waals surface area contributed by atoms with Crippen LogP contribution in [0.15, 0.2) is 139 Å². The minimum absolute atomic E-state index is 0.190. The molecular formula is C37H23N3S. The first-order valence-electron chi connectivity index (χ1n) is 15.7. The van der Waals surface area contributed by atoms with E-state index in [4.69, 9.17) is 21.8 Å². The van der Waals surface area contributed by atoms with Crippen LogP contribution in [0, 0.1) is 0 Å². The summed E-state index contributed by atoms with van der Waals surface area (Å²) < 4.78 is 43.6. The van der Waals surface area contributed by atoms with E-state index in [1.165, 1.54) is 11.3 Å². The fraction of sp³-hybridized carbons (Fsp3) is 0. The van der Waals surface area contributed by atoms with Gasteiger partial charge in [-0.05, 0) is 34.0 Å². The van der Waals surface area contributed by atoms with Gasteiger partial charge < -0.3 is 0 Å². The highest BCUT2D eigenvalue weighted by molar-refractivity contribution is 7.26. The molecule has 41 heavy (non-hydrogen) atoms. The maximum atomic E-state index is 8.63. The molecule has 0 N–H and O–H groups in total. The molecule has 0 unspecified atom stereocenters. The van der Waals surface area contributed by atoms with Gasteiger partial charge in [0.05, 0.1) is 6.85 Å². The molecule has 2 heterocycles. The molecule has 192 valence electrons. The second kappa shape index (κ2) is 9.77. The molecule has 6 aromatic carbocycles. The van der Waals surface area contributed by atoms with Crippen molar-refractivity contribution in [2.24, 2.45) is 0 Å². The summed E-state index contributed by atoms with van der Waals surface area (Å²) in [5.74, 6) is 1.65. The number of fused-ring (bicyclic) bond motifs is 4. The lowest BCUT2D eigenvalue weighted by molar-refractivity contribution is 1.08. The minimum Gasteiger partial charge on any atom is -0.208 e. The van der Waals surface area contributed by atoms with Gasteiger partial charge in [-0.2, -0.15) is 0 Å². The van der Waals surface area contributed by atoms with Crippen LogP contribution in [0.5, 0.6) is 0 Å². The van der Waals surface area contributed by atoms with Crippen LogP contribution < -0.4 is 0 Å². The van der Waals surface area contributed by atoms with Crippen molar-refractivity contribution in [1.82, 2.24) is 15.0 Å². The molecule has 3 nitrogen and oxygen atoms in total. The summed E-state index contributed by atoms with van der Waals surface area (Å²) in [6.45, 7) is 0. The largest absolute Gasteiger partial charge is 0.208 e. The molecule has 0 atom stereocenters. The third-order valence-electron chi connectivity index (χ3n) is 7.21. The van der Waals surface area contributed by atoms with Crippen LogP contribution in [0.3, 0.4) is 0 Å². The summed E-state index contributed by atoms with van der Waals surface area (Å²) in [6, 6.07) is 34.4. The van der Waals surface area contributed by atoms with Gasteiger partial charge in [0.25, 0.3) is 0 Å². The van der Waals surface area contributed by atoms with Crippen LogP contribution in [0.2, 0.25) is 0 Å². The molecule has 8 aromatic rings. The lowest BCUT2D eigenvalue weighted by atomic mass is 10.0.